The van der Waals surface area contributed by atoms with Crippen molar-refractivity contribution in [1.82, 2.24) is 14.8 Å². The average molecular weight is 331 g/mol. The SMILES string of the molecule is CC(CN)C(=O)Nc1ccc(F)c(-c2nnc3n2CCCCC3)c1. The lowest BCUT2D eigenvalue weighted by Gasteiger charge is -2.12. The normalized spacial score (nSPS) is 15.5. The van der Waals surface area contributed by atoms with E-state index in [4.69, 9.17) is 5.73 Å². The molecule has 0 saturated heterocycles. The van der Waals surface area contributed by atoms with E-state index in [1.165, 1.54) is 6.07 Å². The molecular weight excluding hydrogens is 309 g/mol. The van der Waals surface area contributed by atoms with E-state index in [0.717, 1.165) is 38.1 Å². The van der Waals surface area contributed by atoms with E-state index in [0.29, 0.717) is 17.1 Å². The van der Waals surface area contributed by atoms with Crippen molar-refractivity contribution in [3.63, 3.8) is 0 Å². The lowest BCUT2D eigenvalue weighted by atomic mass is 10.1. The molecule has 1 aliphatic rings. The Kier molecular flexibility index (Phi) is 4.89. The number of aryl methyl sites for hydroxylation is 1. The molecule has 24 heavy (non-hydrogen) atoms. The minimum atomic E-state index is -0.376. The molecule has 0 spiro atoms. The van der Waals surface area contributed by atoms with Gasteiger partial charge in [0.25, 0.3) is 0 Å². The number of anilines is 1. The molecule has 3 N–H and O–H groups in total. The number of nitrogens with one attached hydrogen (secondary N) is 1. The maximum atomic E-state index is 14.4. The second-order valence-electron chi connectivity index (χ2n) is 6.22. The minimum Gasteiger partial charge on any atom is -0.330 e. The lowest BCUT2D eigenvalue weighted by Crippen LogP contribution is -2.26. The smallest absolute Gasteiger partial charge is 0.228 e. The Labute approximate surface area is 140 Å². The van der Waals surface area contributed by atoms with E-state index in [9.17, 15) is 9.18 Å². The van der Waals surface area contributed by atoms with E-state index >= 15 is 0 Å². The van der Waals surface area contributed by atoms with Crippen molar-refractivity contribution < 1.29 is 9.18 Å². The van der Waals surface area contributed by atoms with E-state index in [2.05, 4.69) is 15.5 Å². The van der Waals surface area contributed by atoms with Crippen LogP contribution >= 0.6 is 0 Å². The zero-order valence-corrected chi connectivity index (χ0v) is 13.8. The molecule has 1 aliphatic heterocycles. The zero-order valence-electron chi connectivity index (χ0n) is 13.8. The maximum absolute atomic E-state index is 14.4. The van der Waals surface area contributed by atoms with Gasteiger partial charge in [0, 0.05) is 31.1 Å². The average Bonchev–Trinajstić information content (AvgIpc) is 2.83. The number of nitrogens with two attached hydrogens (primary N) is 1. The molecule has 0 bridgehead atoms. The third kappa shape index (κ3) is 3.31. The molecule has 0 fully saturated rings. The highest BCUT2D eigenvalue weighted by molar-refractivity contribution is 5.93. The molecule has 0 saturated carbocycles. The van der Waals surface area contributed by atoms with Crippen molar-refractivity contribution in [1.29, 1.82) is 0 Å². The highest BCUT2D eigenvalue weighted by Crippen LogP contribution is 2.27. The number of fused-ring (bicyclic) bond motifs is 1. The molecule has 128 valence electrons. The molecule has 1 aromatic carbocycles. The summed E-state index contributed by atoms with van der Waals surface area (Å²) in [6.07, 6.45) is 4.11. The Bertz CT molecular complexity index is 743. The first-order valence-corrected chi connectivity index (χ1v) is 8.33. The van der Waals surface area contributed by atoms with Crippen LogP contribution in [0.4, 0.5) is 10.1 Å². The molecule has 0 aliphatic carbocycles. The van der Waals surface area contributed by atoms with Crippen LogP contribution in [0.5, 0.6) is 0 Å². The molecule has 7 heteroatoms. The van der Waals surface area contributed by atoms with E-state index in [-0.39, 0.29) is 24.2 Å². The standard InChI is InChI=1S/C17H22FN5O/c1-11(10-19)17(24)20-12-6-7-14(18)13(9-12)16-22-21-15-5-3-2-4-8-23(15)16/h6-7,9,11H,2-5,8,10,19H2,1H3,(H,20,24). The summed E-state index contributed by atoms with van der Waals surface area (Å²) >= 11 is 0. The number of aromatic nitrogens is 3. The van der Waals surface area contributed by atoms with Crippen molar-refractivity contribution >= 4 is 11.6 Å². The van der Waals surface area contributed by atoms with Gasteiger partial charge in [-0.3, -0.25) is 4.79 Å². The van der Waals surface area contributed by atoms with Crippen molar-refractivity contribution in [3.8, 4) is 11.4 Å². The quantitative estimate of drug-likeness (QED) is 0.900. The number of nitrogens with zero attached hydrogens (tertiary/aromatic N) is 3. The van der Waals surface area contributed by atoms with Crippen molar-refractivity contribution in [2.45, 2.75) is 39.2 Å². The van der Waals surface area contributed by atoms with Crippen LogP contribution in [0.2, 0.25) is 0 Å². The molecule has 1 atom stereocenters. The number of hydrogen-bond acceptors (Lipinski definition) is 4. The first-order chi connectivity index (χ1) is 11.6. The molecule has 1 amide bonds. The van der Waals surface area contributed by atoms with Crippen LogP contribution in [0, 0.1) is 11.7 Å². The van der Waals surface area contributed by atoms with Gasteiger partial charge in [0.2, 0.25) is 5.91 Å². The van der Waals surface area contributed by atoms with Gasteiger partial charge in [-0.25, -0.2) is 4.39 Å². The zero-order chi connectivity index (χ0) is 17.1. The molecule has 0 radical (unpaired) electrons. The largest absolute Gasteiger partial charge is 0.330 e. The second-order valence-corrected chi connectivity index (χ2v) is 6.22. The number of carbonyl (C=O) groups is 1. The molecule has 1 aromatic heterocycles. The van der Waals surface area contributed by atoms with Crippen LogP contribution in [-0.2, 0) is 17.8 Å². The Morgan fingerprint density at radius 2 is 2.21 bits per heavy atom. The summed E-state index contributed by atoms with van der Waals surface area (Å²) in [4.78, 5) is 12.0. The summed E-state index contributed by atoms with van der Waals surface area (Å²) in [5.41, 5.74) is 6.39. The van der Waals surface area contributed by atoms with Gasteiger partial charge in [-0.2, -0.15) is 0 Å². The fourth-order valence-electron chi connectivity index (χ4n) is 2.83. The van der Waals surface area contributed by atoms with Gasteiger partial charge in [0.05, 0.1) is 5.56 Å². The molecule has 3 rings (SSSR count). The van der Waals surface area contributed by atoms with Gasteiger partial charge in [-0.05, 0) is 31.0 Å². The molecule has 6 nitrogen and oxygen atoms in total. The monoisotopic (exact) mass is 331 g/mol. The Balaban J connectivity index is 1.93. The topological polar surface area (TPSA) is 85.8 Å². The van der Waals surface area contributed by atoms with Crippen LogP contribution in [0.1, 0.15) is 32.0 Å². The number of hydrogen-bond donors (Lipinski definition) is 2. The van der Waals surface area contributed by atoms with Gasteiger partial charge in [0.1, 0.15) is 11.6 Å². The lowest BCUT2D eigenvalue weighted by molar-refractivity contribution is -0.119. The summed E-state index contributed by atoms with van der Waals surface area (Å²) in [6, 6.07) is 4.49. The summed E-state index contributed by atoms with van der Waals surface area (Å²) in [7, 11) is 0. The Hall–Kier alpha value is -2.28. The molecule has 1 unspecified atom stereocenters. The maximum Gasteiger partial charge on any atom is 0.228 e. The van der Waals surface area contributed by atoms with Gasteiger partial charge < -0.3 is 15.6 Å². The van der Waals surface area contributed by atoms with Crippen LogP contribution in [0.25, 0.3) is 11.4 Å². The van der Waals surface area contributed by atoms with Crippen molar-refractivity contribution in [3.05, 3.63) is 29.8 Å². The predicted octanol–water partition coefficient (Wildman–Crippen LogP) is 2.34. The molecule has 2 heterocycles. The number of amides is 1. The highest BCUT2D eigenvalue weighted by atomic mass is 19.1. The summed E-state index contributed by atoms with van der Waals surface area (Å²) in [5.74, 6) is 0.554. The van der Waals surface area contributed by atoms with Crippen LogP contribution in [-0.4, -0.2) is 27.2 Å². The summed E-state index contributed by atoms with van der Waals surface area (Å²) < 4.78 is 16.3. The van der Waals surface area contributed by atoms with E-state index < -0.39 is 0 Å². The van der Waals surface area contributed by atoms with Crippen LogP contribution in [0.3, 0.4) is 0 Å². The number of carbonyl (C=O) groups excluding carboxylic acids is 1. The van der Waals surface area contributed by atoms with Gasteiger partial charge in [-0.1, -0.05) is 13.3 Å². The number of halogens is 1. The van der Waals surface area contributed by atoms with Crippen LogP contribution < -0.4 is 11.1 Å². The fraction of sp³-hybridized carbons (Fsp3) is 0.471. The summed E-state index contributed by atoms with van der Waals surface area (Å²) in [5, 5.41) is 11.2. The number of benzene rings is 1. The molecular formula is C17H22FN5O. The first kappa shape index (κ1) is 16.6. The Morgan fingerprint density at radius 1 is 1.38 bits per heavy atom. The number of rotatable bonds is 4. The van der Waals surface area contributed by atoms with Crippen LogP contribution in [0.15, 0.2) is 18.2 Å². The fourth-order valence-corrected chi connectivity index (χ4v) is 2.83. The second kappa shape index (κ2) is 7.09. The minimum absolute atomic E-state index is 0.185. The first-order valence-electron chi connectivity index (χ1n) is 8.33. The third-order valence-electron chi connectivity index (χ3n) is 4.39. The van der Waals surface area contributed by atoms with Crippen molar-refractivity contribution in [2.24, 2.45) is 11.7 Å². The predicted molar refractivity (Wildman–Crippen MR) is 89.8 cm³/mol. The van der Waals surface area contributed by atoms with Gasteiger partial charge in [0.15, 0.2) is 5.82 Å². The van der Waals surface area contributed by atoms with Gasteiger partial charge >= 0.3 is 0 Å². The van der Waals surface area contributed by atoms with E-state index in [1.807, 2.05) is 4.57 Å². The highest BCUT2D eigenvalue weighted by Gasteiger charge is 2.19. The van der Waals surface area contributed by atoms with E-state index in [1.54, 1.807) is 19.1 Å². The Morgan fingerprint density at radius 3 is 3.00 bits per heavy atom. The molecule has 2 aromatic rings. The summed E-state index contributed by atoms with van der Waals surface area (Å²) in [6.45, 7) is 2.80. The third-order valence-corrected chi connectivity index (χ3v) is 4.39. The van der Waals surface area contributed by atoms with Crippen molar-refractivity contribution in [2.75, 3.05) is 11.9 Å². The van der Waals surface area contributed by atoms with Gasteiger partial charge in [-0.15, -0.1) is 10.2 Å².